The molecule has 0 unspecified atom stereocenters. The standard InChI is InChI=1S/C22H30N4OS/c1-18-17-19-20(28-18)7-6-12-26(22(19)27)11-5-4-10-24-13-15-25(16-14-24)21-8-2-3-9-23-21/h2-3,8-9,17H,4-7,10-16H2,1H3. The maximum atomic E-state index is 12.8. The van der Waals surface area contributed by atoms with Gasteiger partial charge in [-0.15, -0.1) is 11.3 Å². The van der Waals surface area contributed by atoms with Crippen molar-refractivity contribution in [2.45, 2.75) is 32.6 Å². The SMILES string of the molecule is Cc1cc2c(s1)CCCN(CCCCN1CCN(c3ccccn3)CC1)C2=O. The molecule has 0 N–H and O–H groups in total. The molecule has 1 saturated heterocycles. The minimum Gasteiger partial charge on any atom is -0.354 e. The summed E-state index contributed by atoms with van der Waals surface area (Å²) in [6.07, 6.45) is 6.25. The van der Waals surface area contributed by atoms with Crippen LogP contribution >= 0.6 is 11.3 Å². The number of amides is 1. The third kappa shape index (κ3) is 4.55. The van der Waals surface area contributed by atoms with Crippen molar-refractivity contribution >= 4 is 23.1 Å². The van der Waals surface area contributed by atoms with Crippen LogP contribution in [0.1, 0.15) is 39.4 Å². The van der Waals surface area contributed by atoms with Crippen LogP contribution in [0.2, 0.25) is 0 Å². The molecular formula is C22H30N4OS. The molecule has 5 nitrogen and oxygen atoms in total. The van der Waals surface area contributed by atoms with Crippen molar-refractivity contribution in [3.05, 3.63) is 45.8 Å². The van der Waals surface area contributed by atoms with Crippen molar-refractivity contribution in [3.8, 4) is 0 Å². The molecule has 150 valence electrons. The van der Waals surface area contributed by atoms with E-state index in [-0.39, 0.29) is 5.91 Å². The Bertz CT molecular complexity index is 783. The van der Waals surface area contributed by atoms with E-state index in [0.717, 1.165) is 82.9 Å². The molecule has 2 aliphatic heterocycles. The second-order valence-electron chi connectivity index (χ2n) is 7.81. The summed E-state index contributed by atoms with van der Waals surface area (Å²) in [5.41, 5.74) is 0.964. The molecule has 0 saturated carbocycles. The minimum atomic E-state index is 0.251. The number of hydrogen-bond donors (Lipinski definition) is 0. The summed E-state index contributed by atoms with van der Waals surface area (Å²) < 4.78 is 0. The lowest BCUT2D eigenvalue weighted by Gasteiger charge is -2.35. The summed E-state index contributed by atoms with van der Waals surface area (Å²) in [5.74, 6) is 1.34. The van der Waals surface area contributed by atoms with Gasteiger partial charge in [-0.3, -0.25) is 9.69 Å². The first-order valence-electron chi connectivity index (χ1n) is 10.5. The molecule has 0 atom stereocenters. The lowest BCUT2D eigenvalue weighted by Crippen LogP contribution is -2.47. The van der Waals surface area contributed by atoms with E-state index in [0.29, 0.717) is 0 Å². The fourth-order valence-electron chi connectivity index (χ4n) is 4.22. The highest BCUT2D eigenvalue weighted by atomic mass is 32.1. The van der Waals surface area contributed by atoms with Gasteiger partial charge in [-0.25, -0.2) is 4.98 Å². The number of hydrogen-bond acceptors (Lipinski definition) is 5. The van der Waals surface area contributed by atoms with Gasteiger partial charge in [0.15, 0.2) is 0 Å². The molecule has 2 aromatic heterocycles. The van der Waals surface area contributed by atoms with E-state index in [2.05, 4.69) is 44.8 Å². The number of rotatable bonds is 6. The number of pyridine rings is 1. The van der Waals surface area contributed by atoms with Gasteiger partial charge in [0, 0.05) is 55.2 Å². The van der Waals surface area contributed by atoms with Crippen LogP contribution in [0.3, 0.4) is 0 Å². The lowest BCUT2D eigenvalue weighted by atomic mass is 10.2. The second kappa shape index (κ2) is 9.05. The van der Waals surface area contributed by atoms with Crippen molar-refractivity contribution in [3.63, 3.8) is 0 Å². The predicted octanol–water partition coefficient (Wildman–Crippen LogP) is 3.44. The highest BCUT2D eigenvalue weighted by Crippen LogP contribution is 2.27. The number of aryl methyl sites for hydroxylation is 2. The summed E-state index contributed by atoms with van der Waals surface area (Å²) >= 11 is 1.79. The van der Waals surface area contributed by atoms with Crippen LogP contribution in [0.4, 0.5) is 5.82 Å². The van der Waals surface area contributed by atoms with E-state index in [4.69, 9.17) is 0 Å². The quantitative estimate of drug-likeness (QED) is 0.699. The molecule has 4 rings (SSSR count). The van der Waals surface area contributed by atoms with Crippen molar-refractivity contribution in [1.29, 1.82) is 0 Å². The molecule has 28 heavy (non-hydrogen) atoms. The number of nitrogens with zero attached hydrogens (tertiary/aromatic N) is 4. The summed E-state index contributed by atoms with van der Waals surface area (Å²) in [4.78, 5) is 26.8. The molecule has 2 aromatic rings. The number of aromatic nitrogens is 1. The van der Waals surface area contributed by atoms with Gasteiger partial charge in [0.2, 0.25) is 0 Å². The molecule has 1 fully saturated rings. The second-order valence-corrected chi connectivity index (χ2v) is 9.15. The lowest BCUT2D eigenvalue weighted by molar-refractivity contribution is 0.0756. The molecule has 0 aromatic carbocycles. The summed E-state index contributed by atoms with van der Waals surface area (Å²) in [5, 5.41) is 0. The van der Waals surface area contributed by atoms with E-state index < -0.39 is 0 Å². The summed E-state index contributed by atoms with van der Waals surface area (Å²) in [6.45, 7) is 9.30. The number of piperazine rings is 1. The van der Waals surface area contributed by atoms with Gasteiger partial charge in [-0.05, 0) is 57.4 Å². The zero-order chi connectivity index (χ0) is 19.3. The Morgan fingerprint density at radius 1 is 1.07 bits per heavy atom. The largest absolute Gasteiger partial charge is 0.354 e. The Hall–Kier alpha value is -1.92. The van der Waals surface area contributed by atoms with Crippen molar-refractivity contribution < 1.29 is 4.79 Å². The van der Waals surface area contributed by atoms with Gasteiger partial charge in [0.1, 0.15) is 5.82 Å². The Balaban J connectivity index is 1.19. The van der Waals surface area contributed by atoms with Crippen molar-refractivity contribution in [1.82, 2.24) is 14.8 Å². The number of carbonyl (C=O) groups is 1. The fraction of sp³-hybridized carbons (Fsp3) is 0.545. The molecule has 0 bridgehead atoms. The third-order valence-corrected chi connectivity index (χ3v) is 6.89. The van der Waals surface area contributed by atoms with Gasteiger partial charge < -0.3 is 9.80 Å². The molecule has 2 aliphatic rings. The Kier molecular flexibility index (Phi) is 6.27. The van der Waals surface area contributed by atoms with E-state index in [1.165, 1.54) is 9.75 Å². The number of carbonyl (C=O) groups excluding carboxylic acids is 1. The maximum Gasteiger partial charge on any atom is 0.254 e. The smallest absolute Gasteiger partial charge is 0.254 e. The Morgan fingerprint density at radius 2 is 1.89 bits per heavy atom. The molecule has 1 amide bonds. The van der Waals surface area contributed by atoms with E-state index in [1.54, 1.807) is 11.3 Å². The first-order valence-corrected chi connectivity index (χ1v) is 11.3. The van der Waals surface area contributed by atoms with Crippen LogP contribution in [0.15, 0.2) is 30.5 Å². The first kappa shape index (κ1) is 19.4. The highest BCUT2D eigenvalue weighted by Gasteiger charge is 2.24. The highest BCUT2D eigenvalue weighted by molar-refractivity contribution is 7.12. The van der Waals surface area contributed by atoms with Crippen LogP contribution in [0, 0.1) is 6.92 Å². The monoisotopic (exact) mass is 398 g/mol. The van der Waals surface area contributed by atoms with E-state index >= 15 is 0 Å². The van der Waals surface area contributed by atoms with E-state index in [9.17, 15) is 4.79 Å². The van der Waals surface area contributed by atoms with Crippen molar-refractivity contribution in [2.24, 2.45) is 0 Å². The van der Waals surface area contributed by atoms with Crippen LogP contribution < -0.4 is 4.90 Å². The van der Waals surface area contributed by atoms with Crippen LogP contribution in [-0.2, 0) is 6.42 Å². The van der Waals surface area contributed by atoms with Crippen molar-refractivity contribution in [2.75, 3.05) is 50.7 Å². The molecule has 4 heterocycles. The number of fused-ring (bicyclic) bond motifs is 1. The number of anilines is 1. The molecular weight excluding hydrogens is 368 g/mol. The van der Waals surface area contributed by atoms with E-state index in [1.807, 2.05) is 12.3 Å². The number of unbranched alkanes of at least 4 members (excludes halogenated alkanes) is 1. The average Bonchev–Trinajstić information content (AvgIpc) is 3.04. The Morgan fingerprint density at radius 3 is 2.68 bits per heavy atom. The van der Waals surface area contributed by atoms with Gasteiger partial charge in [-0.2, -0.15) is 0 Å². The molecule has 6 heteroatoms. The topological polar surface area (TPSA) is 39.7 Å². The molecule has 0 radical (unpaired) electrons. The van der Waals surface area contributed by atoms with Gasteiger partial charge >= 0.3 is 0 Å². The first-order chi connectivity index (χ1) is 13.7. The zero-order valence-corrected chi connectivity index (χ0v) is 17.6. The van der Waals surface area contributed by atoms with Gasteiger partial charge in [-0.1, -0.05) is 6.07 Å². The normalized spacial score (nSPS) is 18.2. The summed E-state index contributed by atoms with van der Waals surface area (Å²) in [6, 6.07) is 8.20. The number of thiophene rings is 1. The minimum absolute atomic E-state index is 0.251. The Labute approximate surface area is 172 Å². The predicted molar refractivity (Wildman–Crippen MR) is 115 cm³/mol. The zero-order valence-electron chi connectivity index (χ0n) is 16.8. The third-order valence-electron chi connectivity index (χ3n) is 5.78. The maximum absolute atomic E-state index is 12.8. The average molecular weight is 399 g/mol. The van der Waals surface area contributed by atoms with Gasteiger partial charge in [0.05, 0.1) is 5.56 Å². The summed E-state index contributed by atoms with van der Waals surface area (Å²) in [7, 11) is 0. The van der Waals surface area contributed by atoms with Crippen LogP contribution in [-0.4, -0.2) is 66.5 Å². The van der Waals surface area contributed by atoms with Gasteiger partial charge in [0.25, 0.3) is 5.91 Å². The molecule has 0 aliphatic carbocycles. The van der Waals surface area contributed by atoms with Crippen LogP contribution in [0.25, 0.3) is 0 Å². The fourth-order valence-corrected chi connectivity index (χ4v) is 5.29. The van der Waals surface area contributed by atoms with Crippen LogP contribution in [0.5, 0.6) is 0 Å². The molecule has 0 spiro atoms.